The van der Waals surface area contributed by atoms with Crippen LogP contribution in [0.3, 0.4) is 0 Å². The number of carboxylic acids is 1. The van der Waals surface area contributed by atoms with Gasteiger partial charge in [0.2, 0.25) is 5.91 Å². The van der Waals surface area contributed by atoms with Gasteiger partial charge in [0, 0.05) is 13.0 Å². The van der Waals surface area contributed by atoms with Gasteiger partial charge in [0.05, 0.1) is 0 Å². The summed E-state index contributed by atoms with van der Waals surface area (Å²) in [4.78, 5) is 23.7. The Hall–Kier alpha value is -2.86. The molecule has 0 bridgehead atoms. The Kier molecular flexibility index (Phi) is 6.44. The SMILES string of the molecule is O=C(O)[C@H](Cc1cccc(OCc2ccccc2)c1)NC(=O)[C@@H]1CCCO1. The van der Waals surface area contributed by atoms with E-state index in [1.54, 1.807) is 6.07 Å². The van der Waals surface area contributed by atoms with Gasteiger partial charge in [-0.3, -0.25) is 4.79 Å². The normalized spacial score (nSPS) is 17.3. The van der Waals surface area contributed by atoms with Crippen LogP contribution in [0.1, 0.15) is 24.0 Å². The maximum absolute atomic E-state index is 12.2. The first-order chi connectivity index (χ1) is 13.1. The van der Waals surface area contributed by atoms with Gasteiger partial charge in [0.1, 0.15) is 24.5 Å². The number of carbonyl (C=O) groups is 2. The van der Waals surface area contributed by atoms with Crippen molar-refractivity contribution in [3.8, 4) is 5.75 Å². The first-order valence-corrected chi connectivity index (χ1v) is 9.02. The van der Waals surface area contributed by atoms with Gasteiger partial charge >= 0.3 is 5.97 Å². The van der Waals surface area contributed by atoms with E-state index >= 15 is 0 Å². The predicted octanol–water partition coefficient (Wildman–Crippen LogP) is 2.56. The highest BCUT2D eigenvalue weighted by Crippen LogP contribution is 2.17. The van der Waals surface area contributed by atoms with E-state index in [0.717, 1.165) is 17.5 Å². The van der Waals surface area contributed by atoms with Gasteiger partial charge in [-0.05, 0) is 36.1 Å². The lowest BCUT2D eigenvalue weighted by molar-refractivity contribution is -0.143. The van der Waals surface area contributed by atoms with Gasteiger partial charge in [0.25, 0.3) is 0 Å². The number of carboxylic acid groups (broad SMARTS) is 1. The molecule has 2 atom stereocenters. The van der Waals surface area contributed by atoms with Crippen LogP contribution in [-0.2, 0) is 27.4 Å². The van der Waals surface area contributed by atoms with Crippen LogP contribution in [0.5, 0.6) is 5.75 Å². The number of ether oxygens (including phenoxy) is 2. The minimum absolute atomic E-state index is 0.177. The van der Waals surface area contributed by atoms with Crippen LogP contribution in [0, 0.1) is 0 Å². The van der Waals surface area contributed by atoms with Crippen LogP contribution in [0.2, 0.25) is 0 Å². The third-order valence-electron chi connectivity index (χ3n) is 4.42. The minimum Gasteiger partial charge on any atom is -0.489 e. The highest BCUT2D eigenvalue weighted by Gasteiger charge is 2.28. The number of amides is 1. The van der Waals surface area contributed by atoms with E-state index in [4.69, 9.17) is 9.47 Å². The predicted molar refractivity (Wildman–Crippen MR) is 99.5 cm³/mol. The lowest BCUT2D eigenvalue weighted by Crippen LogP contribution is -2.46. The fourth-order valence-electron chi connectivity index (χ4n) is 2.99. The van der Waals surface area contributed by atoms with Crippen LogP contribution in [0.25, 0.3) is 0 Å². The van der Waals surface area contributed by atoms with E-state index in [-0.39, 0.29) is 12.3 Å². The molecule has 0 radical (unpaired) electrons. The molecule has 0 aliphatic carbocycles. The summed E-state index contributed by atoms with van der Waals surface area (Å²) in [5, 5.41) is 12.0. The number of aliphatic carboxylic acids is 1. The average molecular weight is 369 g/mol. The summed E-state index contributed by atoms with van der Waals surface area (Å²) in [7, 11) is 0. The molecule has 27 heavy (non-hydrogen) atoms. The number of benzene rings is 2. The smallest absolute Gasteiger partial charge is 0.326 e. The van der Waals surface area contributed by atoms with Gasteiger partial charge in [-0.25, -0.2) is 4.79 Å². The molecule has 142 valence electrons. The van der Waals surface area contributed by atoms with E-state index < -0.39 is 18.1 Å². The number of carbonyl (C=O) groups excluding carboxylic acids is 1. The molecule has 0 aromatic heterocycles. The van der Waals surface area contributed by atoms with Crippen molar-refractivity contribution in [2.75, 3.05) is 6.61 Å². The van der Waals surface area contributed by atoms with Crippen molar-refractivity contribution in [3.63, 3.8) is 0 Å². The largest absolute Gasteiger partial charge is 0.489 e. The Labute approximate surface area is 158 Å². The zero-order chi connectivity index (χ0) is 19.1. The molecule has 1 heterocycles. The lowest BCUT2D eigenvalue weighted by Gasteiger charge is -2.17. The van der Waals surface area contributed by atoms with Gasteiger partial charge in [-0.1, -0.05) is 42.5 Å². The second-order valence-electron chi connectivity index (χ2n) is 6.53. The Morgan fingerprint density at radius 2 is 1.93 bits per heavy atom. The maximum atomic E-state index is 12.2. The first-order valence-electron chi connectivity index (χ1n) is 9.02. The summed E-state index contributed by atoms with van der Waals surface area (Å²) in [5.41, 5.74) is 1.83. The molecule has 2 N–H and O–H groups in total. The third kappa shape index (κ3) is 5.56. The monoisotopic (exact) mass is 369 g/mol. The molecule has 2 aromatic carbocycles. The molecule has 6 heteroatoms. The van der Waals surface area contributed by atoms with E-state index in [2.05, 4.69) is 5.32 Å². The second-order valence-corrected chi connectivity index (χ2v) is 6.53. The average Bonchev–Trinajstić information content (AvgIpc) is 3.22. The van der Waals surface area contributed by atoms with Crippen molar-refractivity contribution in [1.29, 1.82) is 0 Å². The molecule has 1 fully saturated rings. The molecule has 1 amide bonds. The van der Waals surface area contributed by atoms with Crippen molar-refractivity contribution in [3.05, 3.63) is 65.7 Å². The molecule has 2 aromatic rings. The Balaban J connectivity index is 1.60. The molecular weight excluding hydrogens is 346 g/mol. The third-order valence-corrected chi connectivity index (χ3v) is 4.42. The molecule has 3 rings (SSSR count). The number of hydrogen-bond acceptors (Lipinski definition) is 4. The van der Waals surface area contributed by atoms with Crippen molar-refractivity contribution < 1.29 is 24.2 Å². The summed E-state index contributed by atoms with van der Waals surface area (Å²) in [5.74, 6) is -0.778. The Morgan fingerprint density at radius 1 is 1.15 bits per heavy atom. The topological polar surface area (TPSA) is 84.9 Å². The fourth-order valence-corrected chi connectivity index (χ4v) is 2.99. The summed E-state index contributed by atoms with van der Waals surface area (Å²) < 4.78 is 11.1. The van der Waals surface area contributed by atoms with Crippen LogP contribution in [0.4, 0.5) is 0 Å². The molecule has 0 unspecified atom stereocenters. The number of nitrogens with one attached hydrogen (secondary N) is 1. The van der Waals surface area contributed by atoms with Crippen LogP contribution >= 0.6 is 0 Å². The van der Waals surface area contributed by atoms with Crippen molar-refractivity contribution in [2.24, 2.45) is 0 Å². The molecule has 1 aliphatic heterocycles. The van der Waals surface area contributed by atoms with Crippen molar-refractivity contribution in [2.45, 2.75) is 38.0 Å². The Morgan fingerprint density at radius 3 is 2.63 bits per heavy atom. The lowest BCUT2D eigenvalue weighted by atomic mass is 10.1. The molecular formula is C21H23NO5. The van der Waals surface area contributed by atoms with Crippen LogP contribution in [-0.4, -0.2) is 35.7 Å². The van der Waals surface area contributed by atoms with Gasteiger partial charge in [-0.2, -0.15) is 0 Å². The van der Waals surface area contributed by atoms with E-state index in [9.17, 15) is 14.7 Å². The highest BCUT2D eigenvalue weighted by molar-refractivity contribution is 5.86. The Bertz CT molecular complexity index is 771. The van der Waals surface area contributed by atoms with Crippen molar-refractivity contribution in [1.82, 2.24) is 5.32 Å². The summed E-state index contributed by atoms with van der Waals surface area (Å²) >= 11 is 0. The number of rotatable bonds is 8. The summed E-state index contributed by atoms with van der Waals surface area (Å²) in [6.07, 6.45) is 1.07. The van der Waals surface area contributed by atoms with E-state index in [1.807, 2.05) is 48.5 Å². The number of hydrogen-bond donors (Lipinski definition) is 2. The molecule has 0 saturated carbocycles. The zero-order valence-electron chi connectivity index (χ0n) is 15.0. The first kappa shape index (κ1) is 18.9. The van der Waals surface area contributed by atoms with Crippen LogP contribution < -0.4 is 10.1 Å². The minimum atomic E-state index is -1.07. The van der Waals surface area contributed by atoms with E-state index in [1.165, 1.54) is 0 Å². The van der Waals surface area contributed by atoms with Crippen LogP contribution in [0.15, 0.2) is 54.6 Å². The molecule has 0 spiro atoms. The summed E-state index contributed by atoms with van der Waals surface area (Å²) in [6, 6.07) is 16.1. The molecule has 6 nitrogen and oxygen atoms in total. The van der Waals surface area contributed by atoms with Gasteiger partial charge in [-0.15, -0.1) is 0 Å². The molecule has 1 aliphatic rings. The zero-order valence-corrected chi connectivity index (χ0v) is 15.0. The summed E-state index contributed by atoms with van der Waals surface area (Å²) in [6.45, 7) is 0.971. The van der Waals surface area contributed by atoms with E-state index in [0.29, 0.717) is 25.4 Å². The molecule has 1 saturated heterocycles. The highest BCUT2D eigenvalue weighted by atomic mass is 16.5. The van der Waals surface area contributed by atoms with Crippen molar-refractivity contribution >= 4 is 11.9 Å². The quantitative estimate of drug-likeness (QED) is 0.747. The maximum Gasteiger partial charge on any atom is 0.326 e. The van der Waals surface area contributed by atoms with Gasteiger partial charge in [0.15, 0.2) is 0 Å². The standard InChI is InChI=1S/C21H23NO5/c23-20(19-10-5-11-26-19)22-18(21(24)25)13-16-8-4-9-17(12-16)27-14-15-6-2-1-3-7-15/h1-4,6-9,12,18-19H,5,10-11,13-14H2,(H,22,23)(H,24,25)/t18-,19-/m0/s1. The fraction of sp³-hybridized carbons (Fsp3) is 0.333. The van der Waals surface area contributed by atoms with Gasteiger partial charge < -0.3 is 19.9 Å². The second kappa shape index (κ2) is 9.19.